The summed E-state index contributed by atoms with van der Waals surface area (Å²) in [6.45, 7) is 8.17. The molecule has 1 N–H and O–H groups in total. The van der Waals surface area contributed by atoms with E-state index in [1.807, 2.05) is 0 Å². The van der Waals surface area contributed by atoms with Crippen LogP contribution in [-0.4, -0.2) is 24.4 Å². The summed E-state index contributed by atoms with van der Waals surface area (Å²) in [5.41, 5.74) is 2.09. The summed E-state index contributed by atoms with van der Waals surface area (Å²) >= 11 is 0. The van der Waals surface area contributed by atoms with Gasteiger partial charge in [-0.3, -0.25) is 0 Å². The highest BCUT2D eigenvalue weighted by molar-refractivity contribution is 5.23. The summed E-state index contributed by atoms with van der Waals surface area (Å²) in [7, 11) is 0. The fraction of sp³-hybridized carbons (Fsp3) is 0.900. The van der Waals surface area contributed by atoms with Gasteiger partial charge < -0.3 is 9.84 Å². The molecule has 2 aliphatic rings. The minimum absolute atomic E-state index is 0.240. The van der Waals surface area contributed by atoms with Crippen LogP contribution in [0.2, 0.25) is 0 Å². The van der Waals surface area contributed by atoms with Crippen LogP contribution in [0, 0.1) is 17.3 Å². The van der Waals surface area contributed by atoms with Gasteiger partial charge in [-0.25, -0.2) is 0 Å². The van der Waals surface area contributed by atoms with Gasteiger partial charge in [-0.2, -0.15) is 0 Å². The van der Waals surface area contributed by atoms with Gasteiger partial charge in [0.25, 0.3) is 0 Å². The highest BCUT2D eigenvalue weighted by Gasteiger charge is 2.45. The molecule has 1 unspecified atom stereocenters. The lowest BCUT2D eigenvalue weighted by molar-refractivity contribution is -0.00576. The molecule has 0 aromatic heterocycles. The van der Waals surface area contributed by atoms with Crippen molar-refractivity contribution in [3.05, 3.63) is 11.6 Å². The Morgan fingerprint density at radius 1 is 1.32 bits per heavy atom. The molecular formula is C20H36O2. The van der Waals surface area contributed by atoms with Crippen LogP contribution >= 0.6 is 0 Å². The highest BCUT2D eigenvalue weighted by Crippen LogP contribution is 2.54. The Labute approximate surface area is 137 Å². The smallest absolute Gasteiger partial charge is 0.0612 e. The Balaban J connectivity index is 2.01. The molecule has 0 amide bonds. The van der Waals surface area contributed by atoms with Crippen LogP contribution in [0.3, 0.4) is 0 Å². The third kappa shape index (κ3) is 3.94. The molecule has 2 heteroatoms. The van der Waals surface area contributed by atoms with Crippen LogP contribution in [0.1, 0.15) is 78.6 Å². The molecule has 0 spiro atoms. The van der Waals surface area contributed by atoms with E-state index >= 15 is 0 Å². The zero-order chi connectivity index (χ0) is 16.0. The fourth-order valence-corrected chi connectivity index (χ4v) is 4.95. The second kappa shape index (κ2) is 8.49. The van der Waals surface area contributed by atoms with Crippen molar-refractivity contribution in [3.63, 3.8) is 0 Å². The monoisotopic (exact) mass is 308 g/mol. The van der Waals surface area contributed by atoms with E-state index in [-0.39, 0.29) is 6.61 Å². The van der Waals surface area contributed by atoms with Crippen molar-refractivity contribution in [2.75, 3.05) is 13.2 Å². The summed E-state index contributed by atoms with van der Waals surface area (Å²) in [4.78, 5) is 0. The van der Waals surface area contributed by atoms with E-state index in [0.29, 0.717) is 18.1 Å². The average Bonchev–Trinajstić information content (AvgIpc) is 2.52. The van der Waals surface area contributed by atoms with E-state index < -0.39 is 0 Å². The molecular weight excluding hydrogens is 272 g/mol. The first-order valence-electron chi connectivity index (χ1n) is 9.57. The number of aliphatic hydroxyl groups excluding tert-OH is 1. The summed E-state index contributed by atoms with van der Waals surface area (Å²) in [6, 6.07) is 0. The van der Waals surface area contributed by atoms with E-state index in [2.05, 4.69) is 26.8 Å². The molecule has 2 rings (SSSR count). The number of allylic oxidation sites excluding steroid dienone is 1. The standard InChI is InChI=1S/C20H36O2/c1-4-6-8-16-9-10-17-15-18(22-14-7-13-21)11-12-20(17,3)19(16)5-2/h10,16,18-19,21H,4-9,11-15H2,1-3H3/t16-,18?,19+,20+/m1/s1. The maximum atomic E-state index is 8.90. The molecule has 2 aliphatic carbocycles. The fourth-order valence-electron chi connectivity index (χ4n) is 4.95. The van der Waals surface area contributed by atoms with Gasteiger partial charge in [-0.15, -0.1) is 0 Å². The molecule has 0 aromatic rings. The Morgan fingerprint density at radius 2 is 2.14 bits per heavy atom. The lowest BCUT2D eigenvalue weighted by atomic mass is 9.55. The van der Waals surface area contributed by atoms with E-state index in [4.69, 9.17) is 9.84 Å². The zero-order valence-corrected chi connectivity index (χ0v) is 14.9. The molecule has 0 radical (unpaired) electrons. The summed E-state index contributed by atoms with van der Waals surface area (Å²) in [5.74, 6) is 1.75. The Hall–Kier alpha value is -0.340. The molecule has 22 heavy (non-hydrogen) atoms. The van der Waals surface area contributed by atoms with Crippen LogP contribution in [0.5, 0.6) is 0 Å². The summed E-state index contributed by atoms with van der Waals surface area (Å²) < 4.78 is 5.98. The second-order valence-electron chi connectivity index (χ2n) is 7.61. The van der Waals surface area contributed by atoms with Gasteiger partial charge >= 0.3 is 0 Å². The van der Waals surface area contributed by atoms with Gasteiger partial charge in [0, 0.05) is 13.2 Å². The number of unbranched alkanes of at least 4 members (excludes halogenated alkanes) is 1. The van der Waals surface area contributed by atoms with Crippen LogP contribution in [-0.2, 0) is 4.74 Å². The van der Waals surface area contributed by atoms with E-state index in [1.54, 1.807) is 5.57 Å². The average molecular weight is 309 g/mol. The molecule has 2 nitrogen and oxygen atoms in total. The van der Waals surface area contributed by atoms with Crippen molar-refractivity contribution in [1.29, 1.82) is 0 Å². The molecule has 1 saturated carbocycles. The first-order chi connectivity index (χ1) is 10.7. The summed E-state index contributed by atoms with van der Waals surface area (Å²) in [5, 5.41) is 8.90. The van der Waals surface area contributed by atoms with Crippen LogP contribution in [0.15, 0.2) is 11.6 Å². The third-order valence-electron chi connectivity index (χ3n) is 6.25. The van der Waals surface area contributed by atoms with Crippen molar-refractivity contribution in [2.45, 2.75) is 84.7 Å². The van der Waals surface area contributed by atoms with Crippen molar-refractivity contribution in [1.82, 2.24) is 0 Å². The van der Waals surface area contributed by atoms with Crippen LogP contribution in [0.4, 0.5) is 0 Å². The molecule has 0 bridgehead atoms. The molecule has 0 aromatic carbocycles. The van der Waals surface area contributed by atoms with Crippen molar-refractivity contribution in [3.8, 4) is 0 Å². The topological polar surface area (TPSA) is 29.5 Å². The number of fused-ring (bicyclic) bond motifs is 1. The number of ether oxygens (including phenoxy) is 1. The molecule has 4 atom stereocenters. The Kier molecular flexibility index (Phi) is 6.95. The van der Waals surface area contributed by atoms with Gasteiger partial charge in [-0.1, -0.05) is 51.7 Å². The molecule has 0 aliphatic heterocycles. The van der Waals surface area contributed by atoms with Crippen molar-refractivity contribution < 1.29 is 9.84 Å². The predicted molar refractivity (Wildman–Crippen MR) is 92.9 cm³/mol. The first kappa shape index (κ1) is 18.0. The number of hydrogen-bond donors (Lipinski definition) is 1. The lowest BCUT2D eigenvalue weighted by Crippen LogP contribution is -2.42. The zero-order valence-electron chi connectivity index (χ0n) is 14.9. The van der Waals surface area contributed by atoms with Gasteiger partial charge in [0.2, 0.25) is 0 Å². The largest absolute Gasteiger partial charge is 0.396 e. The quantitative estimate of drug-likeness (QED) is 0.499. The molecule has 1 fully saturated rings. The van der Waals surface area contributed by atoms with Gasteiger partial charge in [0.15, 0.2) is 0 Å². The maximum Gasteiger partial charge on any atom is 0.0612 e. The third-order valence-corrected chi connectivity index (χ3v) is 6.25. The van der Waals surface area contributed by atoms with Crippen molar-refractivity contribution in [2.24, 2.45) is 17.3 Å². The number of hydrogen-bond acceptors (Lipinski definition) is 2. The van der Waals surface area contributed by atoms with E-state index in [1.165, 1.54) is 44.9 Å². The normalized spacial score (nSPS) is 35.1. The van der Waals surface area contributed by atoms with Gasteiger partial charge in [-0.05, 0) is 55.8 Å². The summed E-state index contributed by atoms with van der Waals surface area (Å²) in [6.07, 6.45) is 14.0. The minimum atomic E-state index is 0.240. The maximum absolute atomic E-state index is 8.90. The van der Waals surface area contributed by atoms with E-state index in [9.17, 15) is 0 Å². The second-order valence-corrected chi connectivity index (χ2v) is 7.61. The SMILES string of the molecule is CCCC[C@@H]1CC=C2CC(OCCCO)CC[C@]2(C)[C@H]1CC. The van der Waals surface area contributed by atoms with Gasteiger partial charge in [0.1, 0.15) is 0 Å². The molecule has 0 saturated heterocycles. The van der Waals surface area contributed by atoms with Gasteiger partial charge in [0.05, 0.1) is 6.10 Å². The van der Waals surface area contributed by atoms with Crippen molar-refractivity contribution >= 4 is 0 Å². The molecule has 128 valence electrons. The Morgan fingerprint density at radius 3 is 2.82 bits per heavy atom. The Bertz CT molecular complexity index is 363. The predicted octanol–water partition coefficient (Wildman–Crippen LogP) is 5.11. The number of aliphatic hydroxyl groups is 1. The lowest BCUT2D eigenvalue weighted by Gasteiger charge is -2.51. The first-order valence-corrected chi connectivity index (χ1v) is 9.57. The van der Waals surface area contributed by atoms with Crippen LogP contribution in [0.25, 0.3) is 0 Å². The van der Waals surface area contributed by atoms with Crippen LogP contribution < -0.4 is 0 Å². The number of rotatable bonds is 8. The minimum Gasteiger partial charge on any atom is -0.396 e. The van der Waals surface area contributed by atoms with E-state index in [0.717, 1.165) is 24.7 Å². The highest BCUT2D eigenvalue weighted by atomic mass is 16.5. The molecule has 0 heterocycles.